The number of fused-ring (bicyclic) bond motifs is 1. The van der Waals surface area contributed by atoms with Crippen molar-refractivity contribution in [1.29, 1.82) is 0 Å². The maximum absolute atomic E-state index is 12.9. The first kappa shape index (κ1) is 30.4. The summed E-state index contributed by atoms with van der Waals surface area (Å²) in [5.74, 6) is -1.37. The number of hydrogen-bond donors (Lipinski definition) is 2. The molecule has 0 bridgehead atoms. The Labute approximate surface area is 218 Å². The molecule has 11 heteroatoms. The molecule has 1 aromatic rings. The van der Waals surface area contributed by atoms with Gasteiger partial charge in [0.05, 0.1) is 50.2 Å². The van der Waals surface area contributed by atoms with Crippen LogP contribution in [0.25, 0.3) is 0 Å². The van der Waals surface area contributed by atoms with Crippen LogP contribution >= 0.6 is 0 Å². The standard InChI is InChI=1S/C26H40N4O7/c1-17(2)21(23(31)27-5)28-24(32)22(18(3)4)29(6)11-12-35-13-14-36-15-16-37-30-25(33)19-9-7-8-10-20(19)26(30)34/h7-10,17-18,21-22H,11-16H2,1-6H3,(H,27,31)(H,28,32)/t21-,22-/m0/s1. The van der Waals surface area contributed by atoms with Crippen LogP contribution in [0.15, 0.2) is 24.3 Å². The van der Waals surface area contributed by atoms with E-state index in [2.05, 4.69) is 10.6 Å². The summed E-state index contributed by atoms with van der Waals surface area (Å²) in [6, 6.07) is 5.57. The molecule has 0 fully saturated rings. The molecule has 37 heavy (non-hydrogen) atoms. The topological polar surface area (TPSA) is 127 Å². The third kappa shape index (κ3) is 8.32. The van der Waals surface area contributed by atoms with Crippen molar-refractivity contribution in [2.24, 2.45) is 11.8 Å². The summed E-state index contributed by atoms with van der Waals surface area (Å²) in [6.07, 6.45) is 0. The first-order chi connectivity index (χ1) is 17.6. The molecule has 0 radical (unpaired) electrons. The van der Waals surface area contributed by atoms with Gasteiger partial charge in [0.25, 0.3) is 11.8 Å². The van der Waals surface area contributed by atoms with E-state index in [-0.39, 0.29) is 36.9 Å². The lowest BCUT2D eigenvalue weighted by molar-refractivity contribution is -0.133. The molecule has 1 aliphatic heterocycles. The summed E-state index contributed by atoms with van der Waals surface area (Å²) < 4.78 is 11.1. The molecule has 0 saturated heterocycles. The van der Waals surface area contributed by atoms with Gasteiger partial charge in [-0.3, -0.25) is 28.9 Å². The monoisotopic (exact) mass is 520 g/mol. The molecule has 2 N–H and O–H groups in total. The van der Waals surface area contributed by atoms with E-state index in [0.717, 1.165) is 5.06 Å². The minimum absolute atomic E-state index is 0.0352. The number of hydroxylamine groups is 2. The van der Waals surface area contributed by atoms with Crippen molar-refractivity contribution < 1.29 is 33.5 Å². The van der Waals surface area contributed by atoms with Crippen LogP contribution in [0.2, 0.25) is 0 Å². The molecule has 1 aromatic carbocycles. The largest absolute Gasteiger partial charge is 0.378 e. The van der Waals surface area contributed by atoms with Gasteiger partial charge in [-0.1, -0.05) is 39.8 Å². The Balaban J connectivity index is 1.64. The smallest absolute Gasteiger partial charge is 0.285 e. The summed E-state index contributed by atoms with van der Waals surface area (Å²) in [7, 11) is 3.41. The Kier molecular flexibility index (Phi) is 12.1. The molecule has 2 rings (SSSR count). The van der Waals surface area contributed by atoms with Crippen molar-refractivity contribution in [2.45, 2.75) is 39.8 Å². The highest BCUT2D eigenvalue weighted by molar-refractivity contribution is 6.20. The zero-order valence-electron chi connectivity index (χ0n) is 22.6. The molecule has 0 aliphatic carbocycles. The highest BCUT2D eigenvalue weighted by atomic mass is 16.7. The lowest BCUT2D eigenvalue weighted by atomic mass is 9.99. The third-order valence-electron chi connectivity index (χ3n) is 6.03. The fraction of sp³-hybridized carbons (Fsp3) is 0.615. The number of imide groups is 1. The fourth-order valence-corrected chi connectivity index (χ4v) is 4.08. The van der Waals surface area contributed by atoms with E-state index in [1.807, 2.05) is 39.6 Å². The van der Waals surface area contributed by atoms with Gasteiger partial charge in [0.1, 0.15) is 6.04 Å². The van der Waals surface area contributed by atoms with Gasteiger partial charge in [0.2, 0.25) is 11.8 Å². The number of rotatable bonds is 16. The minimum Gasteiger partial charge on any atom is -0.378 e. The molecular weight excluding hydrogens is 480 g/mol. The molecule has 206 valence electrons. The number of nitrogens with one attached hydrogen (secondary N) is 2. The molecule has 1 aliphatic rings. The van der Waals surface area contributed by atoms with E-state index in [0.29, 0.717) is 37.5 Å². The van der Waals surface area contributed by atoms with Crippen molar-refractivity contribution in [3.63, 3.8) is 0 Å². The zero-order chi connectivity index (χ0) is 27.5. The average molecular weight is 521 g/mol. The Bertz CT molecular complexity index is 902. The Hall–Kier alpha value is -2.86. The van der Waals surface area contributed by atoms with Gasteiger partial charge in [0, 0.05) is 13.6 Å². The summed E-state index contributed by atoms with van der Waals surface area (Å²) >= 11 is 0. The van der Waals surface area contributed by atoms with Crippen LogP contribution in [0.3, 0.4) is 0 Å². The van der Waals surface area contributed by atoms with E-state index >= 15 is 0 Å². The summed E-state index contributed by atoms with van der Waals surface area (Å²) in [5, 5.41) is 6.24. The van der Waals surface area contributed by atoms with E-state index < -0.39 is 23.9 Å². The number of likely N-dealkylation sites (N-methyl/N-ethyl adjacent to an activating group) is 2. The van der Waals surface area contributed by atoms with Crippen LogP contribution in [-0.2, 0) is 23.9 Å². The highest BCUT2D eigenvalue weighted by Crippen LogP contribution is 2.22. The first-order valence-corrected chi connectivity index (χ1v) is 12.6. The third-order valence-corrected chi connectivity index (χ3v) is 6.03. The molecular formula is C26H40N4O7. The maximum atomic E-state index is 12.9. The number of amides is 4. The zero-order valence-corrected chi connectivity index (χ0v) is 22.6. The molecule has 0 saturated carbocycles. The van der Waals surface area contributed by atoms with Crippen LogP contribution in [0.5, 0.6) is 0 Å². The summed E-state index contributed by atoms with van der Waals surface area (Å²) in [4.78, 5) is 56.7. The molecule has 4 amide bonds. The van der Waals surface area contributed by atoms with E-state index in [4.69, 9.17) is 14.3 Å². The number of benzene rings is 1. The van der Waals surface area contributed by atoms with Crippen LogP contribution in [0, 0.1) is 11.8 Å². The van der Waals surface area contributed by atoms with Gasteiger partial charge in [-0.15, -0.1) is 5.06 Å². The molecule has 1 heterocycles. The molecule has 0 unspecified atom stereocenters. The SMILES string of the molecule is CNC(=O)[C@@H](NC(=O)[C@H](C(C)C)N(C)CCOCCOCCON1C(=O)c2ccccc2C1=O)C(C)C. The lowest BCUT2D eigenvalue weighted by Crippen LogP contribution is -2.56. The molecule has 0 aromatic heterocycles. The molecule has 0 spiro atoms. The van der Waals surface area contributed by atoms with E-state index in [9.17, 15) is 19.2 Å². The summed E-state index contributed by atoms with van der Waals surface area (Å²) in [6.45, 7) is 9.50. The highest BCUT2D eigenvalue weighted by Gasteiger charge is 2.36. The van der Waals surface area contributed by atoms with Crippen LogP contribution in [-0.4, -0.2) is 99.4 Å². The van der Waals surface area contributed by atoms with Gasteiger partial charge in [-0.25, -0.2) is 0 Å². The average Bonchev–Trinajstić information content (AvgIpc) is 3.10. The van der Waals surface area contributed by atoms with Crippen LogP contribution in [0.4, 0.5) is 0 Å². The second-order valence-electron chi connectivity index (χ2n) is 9.52. The normalized spacial score (nSPS) is 14.9. The number of nitrogens with zero attached hydrogens (tertiary/aromatic N) is 2. The van der Waals surface area contributed by atoms with Crippen molar-refractivity contribution in [3.8, 4) is 0 Å². The minimum atomic E-state index is -0.596. The maximum Gasteiger partial charge on any atom is 0.285 e. The fourth-order valence-electron chi connectivity index (χ4n) is 4.08. The predicted molar refractivity (Wildman–Crippen MR) is 137 cm³/mol. The quantitative estimate of drug-likeness (QED) is 0.245. The van der Waals surface area contributed by atoms with Crippen molar-refractivity contribution in [1.82, 2.24) is 20.6 Å². The Morgan fingerprint density at radius 3 is 1.92 bits per heavy atom. The van der Waals surface area contributed by atoms with Crippen LogP contribution in [0.1, 0.15) is 48.4 Å². The van der Waals surface area contributed by atoms with Crippen LogP contribution < -0.4 is 10.6 Å². The number of carbonyl (C=O) groups is 4. The predicted octanol–water partition coefficient (Wildman–Crippen LogP) is 1.09. The summed E-state index contributed by atoms with van der Waals surface area (Å²) in [5.41, 5.74) is 0.658. The number of ether oxygens (including phenoxy) is 2. The van der Waals surface area contributed by atoms with E-state index in [1.54, 1.807) is 31.3 Å². The van der Waals surface area contributed by atoms with Gasteiger partial charge in [0.15, 0.2) is 0 Å². The van der Waals surface area contributed by atoms with Crippen molar-refractivity contribution >= 4 is 23.6 Å². The first-order valence-electron chi connectivity index (χ1n) is 12.6. The van der Waals surface area contributed by atoms with Gasteiger partial charge < -0.3 is 20.1 Å². The van der Waals surface area contributed by atoms with Gasteiger partial charge in [-0.05, 0) is 31.0 Å². The van der Waals surface area contributed by atoms with Gasteiger partial charge >= 0.3 is 0 Å². The number of carbonyl (C=O) groups excluding carboxylic acids is 4. The van der Waals surface area contributed by atoms with Crippen molar-refractivity contribution in [3.05, 3.63) is 35.4 Å². The molecule has 2 atom stereocenters. The second-order valence-corrected chi connectivity index (χ2v) is 9.52. The van der Waals surface area contributed by atoms with Crippen molar-refractivity contribution in [2.75, 3.05) is 53.7 Å². The molecule has 11 nitrogen and oxygen atoms in total. The number of hydrogen-bond acceptors (Lipinski definition) is 8. The second kappa shape index (κ2) is 14.8. The van der Waals surface area contributed by atoms with Gasteiger partial charge in [-0.2, -0.15) is 0 Å². The Morgan fingerprint density at radius 2 is 1.41 bits per heavy atom. The Morgan fingerprint density at radius 1 is 0.865 bits per heavy atom. The lowest BCUT2D eigenvalue weighted by Gasteiger charge is -2.32. The van der Waals surface area contributed by atoms with E-state index in [1.165, 1.54) is 0 Å².